The van der Waals surface area contributed by atoms with Crippen LogP contribution in [0.2, 0.25) is 0 Å². The summed E-state index contributed by atoms with van der Waals surface area (Å²) in [5.74, 6) is -0.347. The molecule has 2 heterocycles. The molecule has 1 fully saturated rings. The number of aromatic nitrogens is 2. The highest BCUT2D eigenvalue weighted by molar-refractivity contribution is 5.97. The Balaban J connectivity index is 1.78. The van der Waals surface area contributed by atoms with Crippen LogP contribution in [0.1, 0.15) is 10.4 Å². The van der Waals surface area contributed by atoms with Crippen molar-refractivity contribution in [3.8, 4) is 0 Å². The smallest absolute Gasteiger partial charge is 0.323 e. The van der Waals surface area contributed by atoms with Crippen LogP contribution in [-0.4, -0.2) is 42.3 Å². The number of hydrogen-bond donors (Lipinski definition) is 3. The van der Waals surface area contributed by atoms with Gasteiger partial charge in [-0.25, -0.2) is 4.79 Å². The van der Waals surface area contributed by atoms with Crippen LogP contribution in [0.3, 0.4) is 0 Å². The van der Waals surface area contributed by atoms with Gasteiger partial charge < -0.3 is 29.5 Å². The van der Waals surface area contributed by atoms with Crippen LogP contribution in [0.5, 0.6) is 0 Å². The van der Waals surface area contributed by atoms with Crippen molar-refractivity contribution in [2.75, 3.05) is 13.9 Å². The topological polar surface area (TPSA) is 105 Å². The monoisotopic (exact) mass is 279 g/mol. The van der Waals surface area contributed by atoms with E-state index in [-0.39, 0.29) is 18.4 Å². The van der Waals surface area contributed by atoms with Crippen molar-refractivity contribution >= 4 is 16.9 Å². The van der Waals surface area contributed by atoms with Crippen molar-refractivity contribution in [1.29, 1.82) is 0 Å². The molecular formula is C12H13N3O5. The summed E-state index contributed by atoms with van der Waals surface area (Å²) in [6.07, 6.45) is -1.28. The van der Waals surface area contributed by atoms with Crippen LogP contribution in [0.25, 0.3) is 11.0 Å². The highest BCUT2D eigenvalue weighted by Crippen LogP contribution is 2.14. The summed E-state index contributed by atoms with van der Waals surface area (Å²) in [5.41, 5.74) is 1.28. The molecule has 1 aliphatic rings. The second-order valence-corrected chi connectivity index (χ2v) is 4.29. The Kier molecular flexibility index (Phi) is 3.26. The van der Waals surface area contributed by atoms with E-state index in [2.05, 4.69) is 15.3 Å². The maximum absolute atomic E-state index is 12.1. The third kappa shape index (κ3) is 2.31. The summed E-state index contributed by atoms with van der Waals surface area (Å²) in [5, 5.41) is 2.64. The predicted octanol–water partition coefficient (Wildman–Crippen LogP) is -0.111. The zero-order valence-corrected chi connectivity index (χ0v) is 10.6. The molecule has 0 saturated carbocycles. The molecule has 0 spiro atoms. The molecular weight excluding hydrogens is 266 g/mol. The third-order valence-electron chi connectivity index (χ3n) is 3.02. The minimum atomic E-state index is -0.683. The Morgan fingerprint density at radius 2 is 2.15 bits per heavy atom. The van der Waals surface area contributed by atoms with Gasteiger partial charge in [0.05, 0.1) is 11.0 Å². The van der Waals surface area contributed by atoms with E-state index in [9.17, 15) is 9.59 Å². The zero-order chi connectivity index (χ0) is 14.1. The Morgan fingerprint density at radius 1 is 1.40 bits per heavy atom. The number of rotatable bonds is 4. The number of H-pyrrole nitrogens is 2. The molecule has 0 bridgehead atoms. The van der Waals surface area contributed by atoms with Crippen LogP contribution in [0, 0.1) is 0 Å². The molecule has 0 aliphatic carbocycles. The molecule has 20 heavy (non-hydrogen) atoms. The molecule has 3 N–H and O–H groups in total. The van der Waals surface area contributed by atoms with Gasteiger partial charge in [0.2, 0.25) is 6.29 Å². The Bertz CT molecular complexity index is 688. The number of hydrogen-bond acceptors (Lipinski definition) is 5. The molecule has 8 heteroatoms. The van der Waals surface area contributed by atoms with Crippen molar-refractivity contribution in [3.63, 3.8) is 0 Å². The van der Waals surface area contributed by atoms with Gasteiger partial charge in [-0.1, -0.05) is 0 Å². The van der Waals surface area contributed by atoms with Crippen LogP contribution in [0.15, 0.2) is 23.0 Å². The molecule has 3 rings (SSSR count). The fraction of sp³-hybridized carbons (Fsp3) is 0.333. The normalized spacial score (nSPS) is 16.9. The van der Waals surface area contributed by atoms with Gasteiger partial charge in [0, 0.05) is 12.7 Å². The van der Waals surface area contributed by atoms with E-state index < -0.39 is 12.5 Å². The number of ether oxygens (including phenoxy) is 3. The number of carbonyl (C=O) groups is 1. The fourth-order valence-corrected chi connectivity index (χ4v) is 1.95. The second-order valence-electron chi connectivity index (χ2n) is 4.29. The van der Waals surface area contributed by atoms with Gasteiger partial charge in [-0.15, -0.1) is 0 Å². The number of benzene rings is 1. The standard InChI is InChI=1S/C12H13N3O5/c1-18-10(11-19-5-20-11)15-9(16)6-2-3-7-8(4-6)14-12(17)13-7/h2-4,10-11H,5H2,1H3,(H,15,16)(H2,13,14,17). The minimum absolute atomic E-state index is 0.191. The molecule has 1 atom stereocenters. The SMILES string of the molecule is COC(NC(=O)c1ccc2[nH]c(=O)[nH]c2c1)C1OCO1. The first-order valence-corrected chi connectivity index (χ1v) is 5.96. The predicted molar refractivity (Wildman–Crippen MR) is 68.0 cm³/mol. The third-order valence-corrected chi connectivity index (χ3v) is 3.02. The fourth-order valence-electron chi connectivity index (χ4n) is 1.95. The summed E-state index contributed by atoms with van der Waals surface area (Å²) in [7, 11) is 1.45. The maximum atomic E-state index is 12.1. The Labute approximate surface area is 113 Å². The first-order valence-electron chi connectivity index (χ1n) is 5.96. The van der Waals surface area contributed by atoms with Crippen LogP contribution >= 0.6 is 0 Å². The number of methoxy groups -OCH3 is 1. The minimum Gasteiger partial charge on any atom is -0.356 e. The van der Waals surface area contributed by atoms with Gasteiger partial charge in [0.25, 0.3) is 5.91 Å². The van der Waals surface area contributed by atoms with Crippen molar-refractivity contribution in [3.05, 3.63) is 34.2 Å². The van der Waals surface area contributed by atoms with Crippen LogP contribution in [0.4, 0.5) is 0 Å². The lowest BCUT2D eigenvalue weighted by Crippen LogP contribution is -2.51. The number of aromatic amines is 2. The maximum Gasteiger partial charge on any atom is 0.323 e. The molecule has 1 aromatic heterocycles. The number of imidazole rings is 1. The van der Waals surface area contributed by atoms with Gasteiger partial charge >= 0.3 is 5.69 Å². The molecule has 0 radical (unpaired) electrons. The van der Waals surface area contributed by atoms with E-state index in [1.165, 1.54) is 7.11 Å². The van der Waals surface area contributed by atoms with E-state index in [0.717, 1.165) is 0 Å². The van der Waals surface area contributed by atoms with Crippen molar-refractivity contribution in [2.24, 2.45) is 0 Å². The van der Waals surface area contributed by atoms with E-state index in [1.807, 2.05) is 0 Å². The molecule has 106 valence electrons. The molecule has 1 saturated heterocycles. The van der Waals surface area contributed by atoms with Gasteiger partial charge in [-0.05, 0) is 18.2 Å². The number of nitrogens with one attached hydrogen (secondary N) is 3. The Morgan fingerprint density at radius 3 is 2.80 bits per heavy atom. The zero-order valence-electron chi connectivity index (χ0n) is 10.6. The summed E-state index contributed by atoms with van der Waals surface area (Å²) < 4.78 is 15.3. The molecule has 1 unspecified atom stereocenters. The highest BCUT2D eigenvalue weighted by atomic mass is 16.9. The first-order chi connectivity index (χ1) is 9.67. The van der Waals surface area contributed by atoms with Gasteiger partial charge in [0.15, 0.2) is 13.0 Å². The average molecular weight is 279 g/mol. The Hall–Kier alpha value is -2.16. The summed E-state index contributed by atoms with van der Waals surface area (Å²) in [6.45, 7) is 0.191. The summed E-state index contributed by atoms with van der Waals surface area (Å²) in [6, 6.07) is 4.84. The van der Waals surface area contributed by atoms with Crippen molar-refractivity contribution in [2.45, 2.75) is 12.5 Å². The molecule has 2 aromatic rings. The summed E-state index contributed by atoms with van der Waals surface area (Å²) in [4.78, 5) is 28.5. The van der Waals surface area contributed by atoms with Crippen LogP contribution in [-0.2, 0) is 14.2 Å². The molecule has 1 aromatic carbocycles. The quantitative estimate of drug-likeness (QED) is 0.677. The largest absolute Gasteiger partial charge is 0.356 e. The van der Waals surface area contributed by atoms with Gasteiger partial charge in [-0.3, -0.25) is 4.79 Å². The lowest BCUT2D eigenvalue weighted by molar-refractivity contribution is -0.353. The molecule has 1 aliphatic heterocycles. The van der Waals surface area contributed by atoms with Gasteiger partial charge in [0.1, 0.15) is 0 Å². The average Bonchev–Trinajstić information content (AvgIpc) is 2.74. The second kappa shape index (κ2) is 5.08. The van der Waals surface area contributed by atoms with E-state index in [1.54, 1.807) is 18.2 Å². The molecule has 8 nitrogen and oxygen atoms in total. The van der Waals surface area contributed by atoms with E-state index >= 15 is 0 Å². The number of fused-ring (bicyclic) bond motifs is 1. The lowest BCUT2D eigenvalue weighted by atomic mass is 10.2. The number of amides is 1. The van der Waals surface area contributed by atoms with Crippen molar-refractivity contribution in [1.82, 2.24) is 15.3 Å². The number of carbonyl (C=O) groups excluding carboxylic acids is 1. The van der Waals surface area contributed by atoms with Gasteiger partial charge in [-0.2, -0.15) is 0 Å². The van der Waals surface area contributed by atoms with Crippen LogP contribution < -0.4 is 11.0 Å². The van der Waals surface area contributed by atoms with E-state index in [4.69, 9.17) is 14.2 Å². The highest BCUT2D eigenvalue weighted by Gasteiger charge is 2.31. The van der Waals surface area contributed by atoms with E-state index in [0.29, 0.717) is 16.6 Å². The van der Waals surface area contributed by atoms with Crippen molar-refractivity contribution < 1.29 is 19.0 Å². The summed E-state index contributed by atoms with van der Waals surface area (Å²) >= 11 is 0. The molecule has 1 amide bonds. The first kappa shape index (κ1) is 12.9. The lowest BCUT2D eigenvalue weighted by Gasteiger charge is -2.32.